The van der Waals surface area contributed by atoms with E-state index in [2.05, 4.69) is 31.3 Å². The molecule has 1 aromatic heterocycles. The predicted octanol–water partition coefficient (Wildman–Crippen LogP) is 1.47. The number of hydrogen-bond donors (Lipinski definition) is 2. The van der Waals surface area contributed by atoms with E-state index in [1.165, 1.54) is 12.1 Å². The van der Waals surface area contributed by atoms with Crippen LogP contribution in [-0.2, 0) is 9.53 Å². The third-order valence-corrected chi connectivity index (χ3v) is 2.47. The SMILES string of the molecule is O=C(CNC(=O)c1ccc(Br)o1)NCCOCC(F)(F)F. The molecule has 0 aliphatic carbocycles. The second-order valence-electron chi connectivity index (χ2n) is 3.80. The van der Waals surface area contributed by atoms with Gasteiger partial charge in [-0.15, -0.1) is 0 Å². The number of amides is 2. The van der Waals surface area contributed by atoms with Crippen LogP contribution in [0.15, 0.2) is 21.2 Å². The van der Waals surface area contributed by atoms with E-state index in [1.54, 1.807) is 0 Å². The fourth-order valence-electron chi connectivity index (χ4n) is 1.20. The van der Waals surface area contributed by atoms with Gasteiger partial charge in [-0.25, -0.2) is 0 Å². The van der Waals surface area contributed by atoms with Crippen LogP contribution in [0.4, 0.5) is 13.2 Å². The van der Waals surface area contributed by atoms with E-state index in [9.17, 15) is 22.8 Å². The van der Waals surface area contributed by atoms with Gasteiger partial charge in [0.1, 0.15) is 6.61 Å². The molecular formula is C11H12BrF3N2O4. The molecule has 1 aromatic rings. The fraction of sp³-hybridized carbons (Fsp3) is 0.455. The molecule has 0 atom stereocenters. The summed E-state index contributed by atoms with van der Waals surface area (Å²) in [5, 5.41) is 4.59. The normalized spacial score (nSPS) is 11.2. The lowest BCUT2D eigenvalue weighted by atomic mass is 10.4. The van der Waals surface area contributed by atoms with Crippen LogP contribution in [0.1, 0.15) is 10.6 Å². The van der Waals surface area contributed by atoms with E-state index in [0.29, 0.717) is 4.67 Å². The van der Waals surface area contributed by atoms with Crippen LogP contribution in [0.3, 0.4) is 0 Å². The Kier molecular flexibility index (Phi) is 6.69. The highest BCUT2D eigenvalue weighted by Crippen LogP contribution is 2.14. The van der Waals surface area contributed by atoms with Crippen LogP contribution in [0, 0.1) is 0 Å². The third-order valence-electron chi connectivity index (χ3n) is 2.04. The van der Waals surface area contributed by atoms with Gasteiger partial charge in [0.25, 0.3) is 5.91 Å². The minimum Gasteiger partial charge on any atom is -0.444 e. The first-order chi connectivity index (χ1) is 9.78. The highest BCUT2D eigenvalue weighted by Gasteiger charge is 2.27. The molecule has 6 nitrogen and oxygen atoms in total. The molecule has 0 unspecified atom stereocenters. The largest absolute Gasteiger partial charge is 0.444 e. The number of nitrogens with one attached hydrogen (secondary N) is 2. The van der Waals surface area contributed by atoms with Crippen LogP contribution in [-0.4, -0.2) is 44.3 Å². The predicted molar refractivity (Wildman–Crippen MR) is 68.6 cm³/mol. The second kappa shape index (κ2) is 8.03. The highest BCUT2D eigenvalue weighted by atomic mass is 79.9. The zero-order chi connectivity index (χ0) is 15.9. The molecule has 0 radical (unpaired) electrons. The maximum Gasteiger partial charge on any atom is 0.411 e. The molecule has 0 saturated carbocycles. The number of hydrogen-bond acceptors (Lipinski definition) is 4. The number of carbonyl (C=O) groups excluding carboxylic acids is 2. The second-order valence-corrected chi connectivity index (χ2v) is 4.59. The molecular weight excluding hydrogens is 361 g/mol. The van der Waals surface area contributed by atoms with E-state index in [0.717, 1.165) is 0 Å². The Morgan fingerprint density at radius 2 is 2.00 bits per heavy atom. The molecule has 2 N–H and O–H groups in total. The standard InChI is InChI=1S/C11H12BrF3N2O4/c12-8-2-1-7(21-8)10(19)17-5-9(18)16-3-4-20-6-11(13,14)15/h1-2H,3-6H2,(H,16,18)(H,17,19). The minimum atomic E-state index is -4.39. The Hall–Kier alpha value is -1.55. The lowest BCUT2D eigenvalue weighted by molar-refractivity contribution is -0.173. The Bertz CT molecular complexity index is 490. The van der Waals surface area contributed by atoms with E-state index < -0.39 is 24.6 Å². The van der Waals surface area contributed by atoms with E-state index in [-0.39, 0.29) is 25.5 Å². The zero-order valence-electron chi connectivity index (χ0n) is 10.6. The first-order valence-corrected chi connectivity index (χ1v) is 6.52. The molecule has 118 valence electrons. The van der Waals surface area contributed by atoms with Crippen molar-refractivity contribution in [1.29, 1.82) is 0 Å². The van der Waals surface area contributed by atoms with E-state index in [1.807, 2.05) is 0 Å². The number of rotatable bonds is 7. The molecule has 0 spiro atoms. The Morgan fingerprint density at radius 3 is 2.57 bits per heavy atom. The van der Waals surface area contributed by atoms with Crippen molar-refractivity contribution in [1.82, 2.24) is 10.6 Å². The maximum absolute atomic E-state index is 11.7. The van der Waals surface area contributed by atoms with Gasteiger partial charge in [-0.2, -0.15) is 13.2 Å². The molecule has 0 saturated heterocycles. The zero-order valence-corrected chi connectivity index (χ0v) is 12.2. The van der Waals surface area contributed by atoms with Crippen molar-refractivity contribution in [3.63, 3.8) is 0 Å². The quantitative estimate of drug-likeness (QED) is 0.710. The van der Waals surface area contributed by atoms with Crippen molar-refractivity contribution in [2.75, 3.05) is 26.3 Å². The summed E-state index contributed by atoms with van der Waals surface area (Å²) in [5.74, 6) is -1.10. The summed E-state index contributed by atoms with van der Waals surface area (Å²) in [6, 6.07) is 2.94. The van der Waals surface area contributed by atoms with Crippen molar-refractivity contribution in [3.8, 4) is 0 Å². The van der Waals surface area contributed by atoms with Crippen LogP contribution in [0.2, 0.25) is 0 Å². The van der Waals surface area contributed by atoms with E-state index >= 15 is 0 Å². The van der Waals surface area contributed by atoms with Crippen molar-refractivity contribution in [3.05, 3.63) is 22.6 Å². The molecule has 0 aliphatic heterocycles. The molecule has 1 rings (SSSR count). The van der Waals surface area contributed by atoms with Gasteiger partial charge in [0.05, 0.1) is 13.2 Å². The van der Waals surface area contributed by atoms with Crippen LogP contribution < -0.4 is 10.6 Å². The highest BCUT2D eigenvalue weighted by molar-refractivity contribution is 9.10. The smallest absolute Gasteiger partial charge is 0.411 e. The maximum atomic E-state index is 11.7. The molecule has 0 aromatic carbocycles. The van der Waals surface area contributed by atoms with Gasteiger partial charge < -0.3 is 19.8 Å². The monoisotopic (exact) mass is 372 g/mol. The lowest BCUT2D eigenvalue weighted by Gasteiger charge is -2.08. The molecule has 0 fully saturated rings. The Morgan fingerprint density at radius 1 is 1.29 bits per heavy atom. The van der Waals surface area contributed by atoms with Crippen LogP contribution in [0.5, 0.6) is 0 Å². The molecule has 0 aliphatic rings. The molecule has 21 heavy (non-hydrogen) atoms. The Balaban J connectivity index is 2.13. The van der Waals surface area contributed by atoms with Gasteiger partial charge in [-0.1, -0.05) is 0 Å². The van der Waals surface area contributed by atoms with E-state index in [4.69, 9.17) is 4.42 Å². The van der Waals surface area contributed by atoms with Crippen molar-refractivity contribution >= 4 is 27.7 Å². The molecule has 10 heteroatoms. The topological polar surface area (TPSA) is 80.6 Å². The number of carbonyl (C=O) groups is 2. The fourth-order valence-corrected chi connectivity index (χ4v) is 1.50. The van der Waals surface area contributed by atoms with Crippen LogP contribution >= 0.6 is 15.9 Å². The summed E-state index contributed by atoms with van der Waals surface area (Å²) in [7, 11) is 0. The summed E-state index contributed by atoms with van der Waals surface area (Å²) in [5.41, 5.74) is 0. The van der Waals surface area contributed by atoms with Gasteiger partial charge in [-0.3, -0.25) is 9.59 Å². The summed E-state index contributed by atoms with van der Waals surface area (Å²) in [6.07, 6.45) is -4.39. The third kappa shape index (κ3) is 7.71. The first kappa shape index (κ1) is 17.5. The summed E-state index contributed by atoms with van der Waals surface area (Å²) >= 11 is 3.02. The first-order valence-electron chi connectivity index (χ1n) is 5.72. The van der Waals surface area contributed by atoms with Gasteiger partial charge in [0.2, 0.25) is 5.91 Å². The number of furan rings is 1. The van der Waals surface area contributed by atoms with Gasteiger partial charge in [0.15, 0.2) is 10.4 Å². The number of alkyl halides is 3. The Labute approximate surface area is 126 Å². The van der Waals surface area contributed by atoms with Crippen molar-refractivity contribution < 1.29 is 31.9 Å². The lowest BCUT2D eigenvalue weighted by Crippen LogP contribution is -2.38. The summed E-state index contributed by atoms with van der Waals surface area (Å²) in [4.78, 5) is 22.8. The minimum absolute atomic E-state index is 0.0307. The van der Waals surface area contributed by atoms with Crippen molar-refractivity contribution in [2.45, 2.75) is 6.18 Å². The summed E-state index contributed by atoms with van der Waals surface area (Å²) < 4.78 is 44.9. The number of halogens is 4. The molecule has 1 heterocycles. The van der Waals surface area contributed by atoms with Gasteiger partial charge >= 0.3 is 6.18 Å². The molecule has 0 bridgehead atoms. The average Bonchev–Trinajstić information content (AvgIpc) is 2.81. The molecule has 2 amide bonds. The van der Waals surface area contributed by atoms with Gasteiger partial charge in [-0.05, 0) is 28.1 Å². The van der Waals surface area contributed by atoms with Crippen LogP contribution in [0.25, 0.3) is 0 Å². The number of ether oxygens (including phenoxy) is 1. The average molecular weight is 373 g/mol. The van der Waals surface area contributed by atoms with Crippen molar-refractivity contribution in [2.24, 2.45) is 0 Å². The van der Waals surface area contributed by atoms with Gasteiger partial charge in [0, 0.05) is 6.54 Å². The summed E-state index contributed by atoms with van der Waals surface area (Å²) in [6.45, 7) is -2.05.